The van der Waals surface area contributed by atoms with E-state index in [1.165, 1.54) is 0 Å². The van der Waals surface area contributed by atoms with Crippen LogP contribution in [0.2, 0.25) is 0 Å². The second kappa shape index (κ2) is 3.77. The van der Waals surface area contributed by atoms with Crippen LogP contribution < -0.4 is 10.2 Å². The number of rotatable bonds is 1. The van der Waals surface area contributed by atoms with Gasteiger partial charge in [-0.1, -0.05) is 15.9 Å². The molecule has 0 atom stereocenters. The SMILES string of the molecule is CCN1c2cc(Br)ccc2NC(=O)C1(C)C. The van der Waals surface area contributed by atoms with Gasteiger partial charge in [0.2, 0.25) is 5.91 Å². The number of hydrogen-bond acceptors (Lipinski definition) is 2. The molecule has 1 aliphatic rings. The summed E-state index contributed by atoms with van der Waals surface area (Å²) in [4.78, 5) is 14.1. The van der Waals surface area contributed by atoms with E-state index in [4.69, 9.17) is 0 Å². The smallest absolute Gasteiger partial charge is 0.249 e. The summed E-state index contributed by atoms with van der Waals surface area (Å²) in [5.74, 6) is 0.0455. The van der Waals surface area contributed by atoms with E-state index < -0.39 is 5.54 Å². The van der Waals surface area contributed by atoms with Crippen molar-refractivity contribution in [1.29, 1.82) is 0 Å². The number of nitrogens with zero attached hydrogens (tertiary/aromatic N) is 1. The Labute approximate surface area is 104 Å². The molecule has 1 aromatic rings. The molecule has 3 nitrogen and oxygen atoms in total. The lowest BCUT2D eigenvalue weighted by atomic mass is 9.96. The lowest BCUT2D eigenvalue weighted by Gasteiger charge is -2.43. The maximum atomic E-state index is 12.0. The minimum atomic E-state index is -0.497. The molecule has 2 rings (SSSR count). The number of benzene rings is 1. The molecule has 0 aromatic heterocycles. The summed E-state index contributed by atoms with van der Waals surface area (Å²) in [5.41, 5.74) is 1.46. The average molecular weight is 283 g/mol. The number of likely N-dealkylation sites (N-methyl/N-ethyl adjacent to an activating group) is 1. The van der Waals surface area contributed by atoms with Crippen molar-refractivity contribution < 1.29 is 4.79 Å². The molecule has 1 aromatic carbocycles. The first-order valence-corrected chi connectivity index (χ1v) is 6.14. The highest BCUT2D eigenvalue weighted by Crippen LogP contribution is 2.38. The predicted octanol–water partition coefficient (Wildman–Crippen LogP) is 3.01. The molecule has 0 fully saturated rings. The molecule has 1 heterocycles. The molecular formula is C12H15BrN2O. The Morgan fingerprint density at radius 2 is 2.12 bits per heavy atom. The van der Waals surface area contributed by atoms with E-state index in [0.717, 1.165) is 22.4 Å². The molecule has 4 heteroatoms. The third-order valence-electron chi connectivity index (χ3n) is 3.05. The molecule has 0 spiro atoms. The standard InChI is InChI=1S/C12H15BrN2O/c1-4-15-10-7-8(13)5-6-9(10)14-11(16)12(15,2)3/h5-7H,4H2,1-3H3,(H,14,16). The van der Waals surface area contributed by atoms with Crippen molar-refractivity contribution in [3.8, 4) is 0 Å². The van der Waals surface area contributed by atoms with Gasteiger partial charge in [0.1, 0.15) is 5.54 Å². The van der Waals surface area contributed by atoms with Crippen LogP contribution in [0.3, 0.4) is 0 Å². The van der Waals surface area contributed by atoms with Gasteiger partial charge >= 0.3 is 0 Å². The number of halogens is 1. The maximum absolute atomic E-state index is 12.0. The highest BCUT2D eigenvalue weighted by Gasteiger charge is 2.39. The van der Waals surface area contributed by atoms with Crippen LogP contribution in [0.25, 0.3) is 0 Å². The van der Waals surface area contributed by atoms with E-state index in [9.17, 15) is 4.79 Å². The van der Waals surface area contributed by atoms with Crippen LogP contribution in [-0.4, -0.2) is 18.0 Å². The molecule has 86 valence electrons. The minimum Gasteiger partial charge on any atom is -0.356 e. The number of amides is 1. The van der Waals surface area contributed by atoms with Crippen molar-refractivity contribution in [3.63, 3.8) is 0 Å². The summed E-state index contributed by atoms with van der Waals surface area (Å²) in [6.07, 6.45) is 0. The highest BCUT2D eigenvalue weighted by molar-refractivity contribution is 9.10. The Bertz CT molecular complexity index is 443. The van der Waals surface area contributed by atoms with E-state index in [1.54, 1.807) is 0 Å². The quantitative estimate of drug-likeness (QED) is 0.859. The minimum absolute atomic E-state index is 0.0455. The maximum Gasteiger partial charge on any atom is 0.249 e. The van der Waals surface area contributed by atoms with Crippen LogP contribution in [0.5, 0.6) is 0 Å². The Morgan fingerprint density at radius 3 is 2.75 bits per heavy atom. The zero-order chi connectivity index (χ0) is 11.9. The first-order valence-electron chi connectivity index (χ1n) is 5.35. The fourth-order valence-corrected chi connectivity index (χ4v) is 2.45. The lowest BCUT2D eigenvalue weighted by Crippen LogP contribution is -2.56. The van der Waals surface area contributed by atoms with Gasteiger partial charge in [0.25, 0.3) is 0 Å². The number of anilines is 2. The molecule has 0 bridgehead atoms. The van der Waals surface area contributed by atoms with Crippen molar-refractivity contribution in [2.24, 2.45) is 0 Å². The zero-order valence-corrected chi connectivity index (χ0v) is 11.3. The summed E-state index contributed by atoms with van der Waals surface area (Å²) >= 11 is 3.46. The summed E-state index contributed by atoms with van der Waals surface area (Å²) in [5, 5.41) is 2.94. The van der Waals surface area contributed by atoms with Crippen LogP contribution in [0.4, 0.5) is 11.4 Å². The third-order valence-corrected chi connectivity index (χ3v) is 3.54. The van der Waals surface area contributed by atoms with Crippen LogP contribution >= 0.6 is 15.9 Å². The Balaban J connectivity index is 2.58. The zero-order valence-electron chi connectivity index (χ0n) is 9.67. The molecule has 0 radical (unpaired) electrons. The van der Waals surface area contributed by atoms with Gasteiger partial charge in [-0.15, -0.1) is 0 Å². The molecule has 1 N–H and O–H groups in total. The number of hydrogen-bond donors (Lipinski definition) is 1. The largest absolute Gasteiger partial charge is 0.356 e. The van der Waals surface area contributed by atoms with Crippen molar-refractivity contribution >= 4 is 33.2 Å². The Kier molecular flexibility index (Phi) is 2.70. The first kappa shape index (κ1) is 11.5. The average Bonchev–Trinajstić information content (AvgIpc) is 2.21. The van der Waals surface area contributed by atoms with Gasteiger partial charge in [-0.3, -0.25) is 4.79 Å². The second-order valence-corrected chi connectivity index (χ2v) is 5.33. The monoisotopic (exact) mass is 282 g/mol. The van der Waals surface area contributed by atoms with Gasteiger partial charge in [-0.25, -0.2) is 0 Å². The molecule has 1 amide bonds. The van der Waals surface area contributed by atoms with E-state index in [2.05, 4.69) is 33.1 Å². The van der Waals surface area contributed by atoms with Crippen LogP contribution in [-0.2, 0) is 4.79 Å². The second-order valence-electron chi connectivity index (χ2n) is 4.42. The van der Waals surface area contributed by atoms with Crippen molar-refractivity contribution in [3.05, 3.63) is 22.7 Å². The van der Waals surface area contributed by atoms with Crippen LogP contribution in [0.1, 0.15) is 20.8 Å². The molecule has 0 aliphatic carbocycles. The number of carbonyl (C=O) groups is 1. The lowest BCUT2D eigenvalue weighted by molar-refractivity contribution is -0.120. The van der Waals surface area contributed by atoms with Crippen LogP contribution in [0, 0.1) is 0 Å². The number of nitrogens with one attached hydrogen (secondary N) is 1. The molecule has 1 aliphatic heterocycles. The van der Waals surface area contributed by atoms with Crippen LogP contribution in [0.15, 0.2) is 22.7 Å². The number of carbonyl (C=O) groups excluding carboxylic acids is 1. The topological polar surface area (TPSA) is 32.3 Å². The molecule has 0 unspecified atom stereocenters. The first-order chi connectivity index (χ1) is 7.46. The Morgan fingerprint density at radius 1 is 1.44 bits per heavy atom. The van der Waals surface area contributed by atoms with E-state index >= 15 is 0 Å². The van der Waals surface area contributed by atoms with Crippen molar-refractivity contribution in [1.82, 2.24) is 0 Å². The Hall–Kier alpha value is -1.03. The van der Waals surface area contributed by atoms with Gasteiger partial charge < -0.3 is 10.2 Å². The normalized spacial score (nSPS) is 18.0. The van der Waals surface area contributed by atoms with E-state index in [-0.39, 0.29) is 5.91 Å². The highest BCUT2D eigenvalue weighted by atomic mass is 79.9. The fourth-order valence-electron chi connectivity index (χ4n) is 2.10. The van der Waals surface area contributed by atoms with Gasteiger partial charge in [-0.2, -0.15) is 0 Å². The molecule has 0 saturated carbocycles. The third kappa shape index (κ3) is 1.61. The van der Waals surface area contributed by atoms with Crippen molar-refractivity contribution in [2.45, 2.75) is 26.3 Å². The number of fused-ring (bicyclic) bond motifs is 1. The van der Waals surface area contributed by atoms with Gasteiger partial charge in [-0.05, 0) is 39.0 Å². The van der Waals surface area contributed by atoms with Gasteiger partial charge in [0, 0.05) is 11.0 Å². The summed E-state index contributed by atoms with van der Waals surface area (Å²) < 4.78 is 1.02. The fraction of sp³-hybridized carbons (Fsp3) is 0.417. The van der Waals surface area contributed by atoms with Gasteiger partial charge in [0.15, 0.2) is 0 Å². The molecule has 0 saturated heterocycles. The summed E-state index contributed by atoms with van der Waals surface area (Å²) in [7, 11) is 0. The van der Waals surface area contributed by atoms with E-state index in [0.29, 0.717) is 0 Å². The molecule has 16 heavy (non-hydrogen) atoms. The van der Waals surface area contributed by atoms with Crippen molar-refractivity contribution in [2.75, 3.05) is 16.8 Å². The summed E-state index contributed by atoms with van der Waals surface area (Å²) in [6.45, 7) is 6.75. The van der Waals surface area contributed by atoms with Gasteiger partial charge in [0.05, 0.1) is 11.4 Å². The molecular weight excluding hydrogens is 268 g/mol. The van der Waals surface area contributed by atoms with E-state index in [1.807, 2.05) is 32.0 Å². The summed E-state index contributed by atoms with van der Waals surface area (Å²) in [6, 6.07) is 5.90. The predicted molar refractivity (Wildman–Crippen MR) is 69.9 cm³/mol.